The third kappa shape index (κ3) is 5.05. The van der Waals surface area contributed by atoms with E-state index in [1.165, 1.54) is 19.2 Å². The van der Waals surface area contributed by atoms with Crippen molar-refractivity contribution in [1.82, 2.24) is 4.90 Å². The standard InChI is InChI=1S/C23H24N2O5/c1-30-23(29)18-8-5-9-19(21(18)27)24-22(28)17-12-14-25(15-13-17)20(26)11-10-16-6-3-2-4-7-16/h2-11,17,27H,12-15H2,1H3,(H,24,28)/b11-10+. The number of esters is 1. The van der Waals surface area contributed by atoms with Gasteiger partial charge in [-0.25, -0.2) is 4.79 Å². The molecule has 7 nitrogen and oxygen atoms in total. The van der Waals surface area contributed by atoms with Crippen molar-refractivity contribution >= 4 is 29.5 Å². The first-order valence-corrected chi connectivity index (χ1v) is 9.72. The average Bonchev–Trinajstić information content (AvgIpc) is 2.79. The van der Waals surface area contributed by atoms with Crippen LogP contribution in [0.15, 0.2) is 54.6 Å². The van der Waals surface area contributed by atoms with Crippen molar-refractivity contribution in [3.63, 3.8) is 0 Å². The number of aromatic hydroxyl groups is 1. The van der Waals surface area contributed by atoms with Gasteiger partial charge in [-0.15, -0.1) is 0 Å². The fraction of sp³-hybridized carbons (Fsp3) is 0.261. The maximum absolute atomic E-state index is 12.6. The van der Waals surface area contributed by atoms with Gasteiger partial charge in [0.05, 0.1) is 12.8 Å². The molecule has 1 heterocycles. The maximum Gasteiger partial charge on any atom is 0.341 e. The lowest BCUT2D eigenvalue weighted by Crippen LogP contribution is -2.40. The molecule has 0 atom stereocenters. The number of nitrogens with one attached hydrogen (secondary N) is 1. The van der Waals surface area contributed by atoms with E-state index in [-0.39, 0.29) is 34.7 Å². The van der Waals surface area contributed by atoms with Crippen LogP contribution in [0.2, 0.25) is 0 Å². The zero-order chi connectivity index (χ0) is 21.5. The molecule has 2 aromatic carbocycles. The van der Waals surface area contributed by atoms with Crippen molar-refractivity contribution < 1.29 is 24.2 Å². The van der Waals surface area contributed by atoms with Gasteiger partial charge >= 0.3 is 5.97 Å². The largest absolute Gasteiger partial charge is 0.505 e. The maximum atomic E-state index is 12.6. The molecule has 156 valence electrons. The molecule has 0 aromatic heterocycles. The van der Waals surface area contributed by atoms with E-state index in [1.807, 2.05) is 30.3 Å². The van der Waals surface area contributed by atoms with Crippen molar-refractivity contribution in [2.45, 2.75) is 12.8 Å². The lowest BCUT2D eigenvalue weighted by atomic mass is 9.95. The Bertz CT molecular complexity index is 947. The molecule has 2 amide bonds. The number of methoxy groups -OCH3 is 1. The summed E-state index contributed by atoms with van der Waals surface area (Å²) < 4.78 is 4.62. The van der Waals surface area contributed by atoms with Gasteiger partial charge in [-0.2, -0.15) is 0 Å². The number of amides is 2. The van der Waals surface area contributed by atoms with Crippen LogP contribution in [0.25, 0.3) is 6.08 Å². The van der Waals surface area contributed by atoms with E-state index in [4.69, 9.17) is 0 Å². The highest BCUT2D eigenvalue weighted by Gasteiger charge is 2.27. The molecule has 2 N–H and O–H groups in total. The number of hydrogen-bond acceptors (Lipinski definition) is 5. The van der Waals surface area contributed by atoms with Crippen LogP contribution in [0.5, 0.6) is 5.75 Å². The first-order chi connectivity index (χ1) is 14.5. The van der Waals surface area contributed by atoms with E-state index in [0.717, 1.165) is 5.56 Å². The van der Waals surface area contributed by atoms with Crippen LogP contribution in [0.4, 0.5) is 5.69 Å². The van der Waals surface area contributed by atoms with Crippen LogP contribution in [0.3, 0.4) is 0 Å². The highest BCUT2D eigenvalue weighted by molar-refractivity contribution is 5.99. The molecule has 0 saturated carbocycles. The zero-order valence-corrected chi connectivity index (χ0v) is 16.7. The van der Waals surface area contributed by atoms with Crippen LogP contribution in [-0.2, 0) is 14.3 Å². The first kappa shape index (κ1) is 21.1. The Labute approximate surface area is 175 Å². The van der Waals surface area contributed by atoms with E-state index in [0.29, 0.717) is 25.9 Å². The number of ether oxygens (including phenoxy) is 1. The number of benzene rings is 2. The van der Waals surface area contributed by atoms with E-state index >= 15 is 0 Å². The molecule has 1 saturated heterocycles. The van der Waals surface area contributed by atoms with Gasteiger partial charge in [0.15, 0.2) is 5.75 Å². The number of hydrogen-bond donors (Lipinski definition) is 2. The number of phenols is 1. The number of nitrogens with zero attached hydrogens (tertiary/aromatic N) is 1. The molecule has 1 aliphatic heterocycles. The molecule has 0 bridgehead atoms. The fourth-order valence-corrected chi connectivity index (χ4v) is 3.35. The van der Waals surface area contributed by atoms with E-state index in [1.54, 1.807) is 23.1 Å². The van der Waals surface area contributed by atoms with E-state index in [9.17, 15) is 19.5 Å². The summed E-state index contributed by atoms with van der Waals surface area (Å²) in [6.07, 6.45) is 4.37. The van der Waals surface area contributed by atoms with Crippen molar-refractivity contribution in [3.8, 4) is 5.75 Å². The second-order valence-electron chi connectivity index (χ2n) is 7.03. The van der Waals surface area contributed by atoms with Gasteiger partial charge in [0.1, 0.15) is 5.56 Å². The summed E-state index contributed by atoms with van der Waals surface area (Å²) in [6.45, 7) is 0.953. The first-order valence-electron chi connectivity index (χ1n) is 9.72. The Morgan fingerprint density at radius 3 is 2.43 bits per heavy atom. The second-order valence-corrected chi connectivity index (χ2v) is 7.03. The molecule has 30 heavy (non-hydrogen) atoms. The number of para-hydroxylation sites is 1. The predicted molar refractivity (Wildman–Crippen MR) is 113 cm³/mol. The second kappa shape index (κ2) is 9.73. The van der Waals surface area contributed by atoms with Crippen molar-refractivity contribution in [2.75, 3.05) is 25.5 Å². The molecule has 0 unspecified atom stereocenters. The number of likely N-dealkylation sites (tertiary alicyclic amines) is 1. The molecule has 1 aliphatic rings. The normalized spacial score (nSPS) is 14.5. The van der Waals surface area contributed by atoms with Gasteiger partial charge in [0.25, 0.3) is 0 Å². The molecular formula is C23H24N2O5. The Morgan fingerprint density at radius 1 is 1.07 bits per heavy atom. The van der Waals surface area contributed by atoms with Gasteiger partial charge < -0.3 is 20.1 Å². The van der Waals surface area contributed by atoms with E-state index < -0.39 is 5.97 Å². The average molecular weight is 408 g/mol. The summed E-state index contributed by atoms with van der Waals surface area (Å²) in [7, 11) is 1.22. The molecule has 0 radical (unpaired) electrons. The third-order valence-electron chi connectivity index (χ3n) is 5.09. The van der Waals surface area contributed by atoms with Crippen LogP contribution in [-0.4, -0.2) is 48.0 Å². The quantitative estimate of drug-likeness (QED) is 0.450. The Balaban J connectivity index is 1.55. The number of phenolic OH excluding ortho intramolecular Hbond substituents is 1. The van der Waals surface area contributed by atoms with Crippen molar-refractivity contribution in [2.24, 2.45) is 5.92 Å². The lowest BCUT2D eigenvalue weighted by molar-refractivity contribution is -0.130. The summed E-state index contributed by atoms with van der Waals surface area (Å²) in [5.74, 6) is -1.62. The predicted octanol–water partition coefficient (Wildman–Crippen LogP) is 3.07. The lowest BCUT2D eigenvalue weighted by Gasteiger charge is -2.30. The molecule has 3 rings (SSSR count). The Morgan fingerprint density at radius 2 is 1.77 bits per heavy atom. The fourth-order valence-electron chi connectivity index (χ4n) is 3.35. The summed E-state index contributed by atoms with van der Waals surface area (Å²) >= 11 is 0. The van der Waals surface area contributed by atoms with Gasteiger partial charge in [-0.05, 0) is 36.6 Å². The number of piperidine rings is 1. The highest BCUT2D eigenvalue weighted by Crippen LogP contribution is 2.29. The van der Waals surface area contributed by atoms with Gasteiger partial charge in [-0.3, -0.25) is 9.59 Å². The Hall–Kier alpha value is -3.61. The smallest absolute Gasteiger partial charge is 0.341 e. The van der Waals surface area contributed by atoms with E-state index in [2.05, 4.69) is 10.1 Å². The minimum atomic E-state index is -0.682. The van der Waals surface area contributed by atoms with Crippen LogP contribution in [0, 0.1) is 5.92 Å². The zero-order valence-electron chi connectivity index (χ0n) is 16.7. The number of anilines is 1. The topological polar surface area (TPSA) is 95.9 Å². The SMILES string of the molecule is COC(=O)c1cccc(NC(=O)C2CCN(C(=O)/C=C/c3ccccc3)CC2)c1O. The van der Waals surface area contributed by atoms with Gasteiger partial charge in [0, 0.05) is 25.1 Å². The summed E-state index contributed by atoms with van der Waals surface area (Å²) in [6, 6.07) is 14.1. The molecule has 2 aromatic rings. The molecular weight excluding hydrogens is 384 g/mol. The molecule has 0 aliphatic carbocycles. The summed E-state index contributed by atoms with van der Waals surface area (Å²) in [5.41, 5.74) is 1.10. The molecule has 1 fully saturated rings. The molecule has 0 spiro atoms. The Kier molecular flexibility index (Phi) is 6.85. The van der Waals surface area contributed by atoms with Crippen molar-refractivity contribution in [1.29, 1.82) is 0 Å². The van der Waals surface area contributed by atoms with Gasteiger partial charge in [-0.1, -0.05) is 36.4 Å². The van der Waals surface area contributed by atoms with Crippen LogP contribution >= 0.6 is 0 Å². The van der Waals surface area contributed by atoms with Gasteiger partial charge in [0.2, 0.25) is 11.8 Å². The minimum absolute atomic E-state index is 0.0130. The number of carbonyl (C=O) groups is 3. The van der Waals surface area contributed by atoms with Crippen LogP contribution in [0.1, 0.15) is 28.8 Å². The third-order valence-corrected chi connectivity index (χ3v) is 5.09. The van der Waals surface area contributed by atoms with Crippen molar-refractivity contribution in [3.05, 3.63) is 65.7 Å². The monoisotopic (exact) mass is 408 g/mol. The highest BCUT2D eigenvalue weighted by atomic mass is 16.5. The number of rotatable bonds is 5. The molecule has 7 heteroatoms. The summed E-state index contributed by atoms with van der Waals surface area (Å²) in [4.78, 5) is 38.4. The summed E-state index contributed by atoms with van der Waals surface area (Å²) in [5, 5.41) is 12.9. The van der Waals surface area contributed by atoms with Crippen LogP contribution < -0.4 is 5.32 Å². The number of carbonyl (C=O) groups excluding carboxylic acids is 3. The minimum Gasteiger partial charge on any atom is -0.505 e.